The van der Waals surface area contributed by atoms with Crippen LogP contribution in [0.5, 0.6) is 0 Å². The van der Waals surface area contributed by atoms with Crippen molar-refractivity contribution in [2.75, 3.05) is 5.34 Å². The summed E-state index contributed by atoms with van der Waals surface area (Å²) in [6.07, 6.45) is 0. The minimum atomic E-state index is -3.12. The summed E-state index contributed by atoms with van der Waals surface area (Å²) >= 11 is 6.40. The minimum absolute atomic E-state index is 0.194. The molecule has 0 amide bonds. The Morgan fingerprint density at radius 1 is 1.50 bits per heavy atom. The molecule has 52 valence electrons. The van der Waals surface area contributed by atoms with Gasteiger partial charge in [-0.2, -0.15) is 0 Å². The van der Waals surface area contributed by atoms with Crippen molar-refractivity contribution in [1.82, 2.24) is 0 Å². The van der Waals surface area contributed by atoms with Gasteiger partial charge < -0.3 is 0 Å². The van der Waals surface area contributed by atoms with Crippen LogP contribution in [0, 0.1) is 0 Å². The number of halogens is 2. The molecule has 0 aromatic heterocycles. The molecule has 0 aromatic carbocycles. The van der Waals surface area contributed by atoms with Gasteiger partial charge in [-0.15, -0.1) is 23.2 Å². The molecule has 0 fully saturated rings. The molecule has 0 unspecified atom stereocenters. The molecule has 0 saturated heterocycles. The Bertz CT molecular complexity index is 71.1. The molecule has 0 bridgehead atoms. The molecule has 0 aliphatic rings. The van der Waals surface area contributed by atoms with Crippen LogP contribution >= 0.6 is 23.2 Å². The van der Waals surface area contributed by atoms with Crippen LogP contribution in [0.4, 0.5) is 0 Å². The van der Waals surface area contributed by atoms with Crippen LogP contribution in [0.15, 0.2) is 0 Å². The number of hydrogen-bond donors (Lipinski definition) is 1. The number of hydrogen-bond acceptors (Lipinski definition) is 1. The first-order valence-corrected chi connectivity index (χ1v) is 8.24. The Labute approximate surface area is 61.8 Å². The number of rotatable bonds is 0. The second-order valence-corrected chi connectivity index (χ2v) is 7.63. The summed E-state index contributed by atoms with van der Waals surface area (Å²) in [6.45, 7) is 0. The summed E-state index contributed by atoms with van der Waals surface area (Å²) in [5.74, 6) is 0. The molecule has 5 heteroatoms. The first kappa shape index (κ1) is 11.7. The Morgan fingerprint density at radius 2 is 1.50 bits per heavy atom. The van der Waals surface area contributed by atoms with Crippen LogP contribution in [0.3, 0.4) is 0 Å². The smallest absolute Gasteiger partial charge is 0.0967 e. The molecule has 0 aliphatic carbocycles. The average molecular weight is 223 g/mol. The normalized spacial score (nSPS) is 9.62. The SMILES string of the molecule is C[As](C)(=O)O.ClCCl. The second kappa shape index (κ2) is 6.03. The van der Waals surface area contributed by atoms with Crippen molar-refractivity contribution in [3.05, 3.63) is 0 Å². The van der Waals surface area contributed by atoms with Gasteiger partial charge in [0.25, 0.3) is 0 Å². The van der Waals surface area contributed by atoms with Crippen molar-refractivity contribution in [3.63, 3.8) is 0 Å². The van der Waals surface area contributed by atoms with E-state index in [0.29, 0.717) is 0 Å². The summed E-state index contributed by atoms with van der Waals surface area (Å²) < 4.78 is 18.0. The molecule has 0 aromatic rings. The molecule has 8 heavy (non-hydrogen) atoms. The van der Waals surface area contributed by atoms with E-state index in [9.17, 15) is 3.74 Å². The zero-order valence-electron chi connectivity index (χ0n) is 4.77. The van der Waals surface area contributed by atoms with Crippen molar-refractivity contribution < 1.29 is 7.84 Å². The van der Waals surface area contributed by atoms with Crippen LogP contribution in [-0.2, 0) is 3.74 Å². The van der Waals surface area contributed by atoms with Crippen LogP contribution in [0.25, 0.3) is 0 Å². The molecule has 0 rings (SSSR count). The predicted octanol–water partition coefficient (Wildman–Crippen LogP) is 1.53. The molecular formula is C3H9AsCl2O2. The zero-order valence-corrected chi connectivity index (χ0v) is 8.15. The van der Waals surface area contributed by atoms with Gasteiger partial charge in [-0.1, -0.05) is 0 Å². The van der Waals surface area contributed by atoms with Gasteiger partial charge in [0.1, 0.15) is 0 Å². The van der Waals surface area contributed by atoms with Crippen LogP contribution in [0.1, 0.15) is 0 Å². The zero-order chi connectivity index (χ0) is 7.21. The maximum Gasteiger partial charge on any atom is 0.0967 e. The third kappa shape index (κ3) is 297. The Hall–Kier alpha value is 0.898. The van der Waals surface area contributed by atoms with E-state index in [1.54, 1.807) is 0 Å². The maximum atomic E-state index is 9.83. The van der Waals surface area contributed by atoms with Crippen molar-refractivity contribution in [1.29, 1.82) is 0 Å². The summed E-state index contributed by atoms with van der Waals surface area (Å²) in [4.78, 5) is 0. The molecule has 2 nitrogen and oxygen atoms in total. The predicted molar refractivity (Wildman–Crippen MR) is 37.0 cm³/mol. The molecule has 0 radical (unpaired) electrons. The minimum Gasteiger partial charge on any atom is -0.109 e. The fourth-order valence-corrected chi connectivity index (χ4v) is 0. The summed E-state index contributed by atoms with van der Waals surface area (Å²) in [5.41, 5.74) is 2.72. The van der Waals surface area contributed by atoms with Gasteiger partial charge in [-0.05, 0) is 0 Å². The van der Waals surface area contributed by atoms with Gasteiger partial charge >= 0.3 is 33.1 Å². The summed E-state index contributed by atoms with van der Waals surface area (Å²) in [7, 11) is 0. The van der Waals surface area contributed by atoms with Crippen molar-refractivity contribution >= 4 is 37.0 Å². The quantitative estimate of drug-likeness (QED) is 0.499. The first-order valence-electron chi connectivity index (χ1n) is 1.81. The molecule has 0 spiro atoms. The molecular weight excluding hydrogens is 214 g/mol. The van der Waals surface area contributed by atoms with Crippen LogP contribution in [0.2, 0.25) is 11.4 Å². The van der Waals surface area contributed by atoms with Gasteiger partial charge in [0.15, 0.2) is 0 Å². The standard InChI is InChI=1S/C2H7AsO2.CH2Cl2/c1-3(2,4)5;2-1-3/h1-2H3,(H,4,5);1H2. The Kier molecular flexibility index (Phi) is 8.79. The van der Waals surface area contributed by atoms with E-state index in [1.165, 1.54) is 11.4 Å². The number of alkyl halides is 2. The maximum absolute atomic E-state index is 9.83. The Morgan fingerprint density at radius 3 is 1.50 bits per heavy atom. The van der Waals surface area contributed by atoms with E-state index in [-0.39, 0.29) is 5.34 Å². The van der Waals surface area contributed by atoms with Gasteiger partial charge in [0.05, 0.1) is 5.34 Å². The van der Waals surface area contributed by atoms with Crippen molar-refractivity contribution in [2.45, 2.75) is 11.4 Å². The fourth-order valence-electron chi connectivity index (χ4n) is 0. The molecule has 0 heterocycles. The van der Waals surface area contributed by atoms with Crippen LogP contribution < -0.4 is 0 Å². The average Bonchev–Trinajstić information content (AvgIpc) is 1.27. The topological polar surface area (TPSA) is 37.3 Å². The molecule has 0 aliphatic heterocycles. The van der Waals surface area contributed by atoms with Gasteiger partial charge in [0, 0.05) is 0 Å². The van der Waals surface area contributed by atoms with Gasteiger partial charge in [-0.3, -0.25) is 0 Å². The van der Waals surface area contributed by atoms with E-state index < -0.39 is 13.8 Å². The van der Waals surface area contributed by atoms with Gasteiger partial charge in [0.2, 0.25) is 0 Å². The van der Waals surface area contributed by atoms with E-state index in [0.717, 1.165) is 0 Å². The van der Waals surface area contributed by atoms with Crippen molar-refractivity contribution in [3.8, 4) is 0 Å². The molecule has 0 atom stereocenters. The fraction of sp³-hybridized carbons (Fsp3) is 1.00. The van der Waals surface area contributed by atoms with E-state index >= 15 is 0 Å². The first-order chi connectivity index (χ1) is 3.41. The van der Waals surface area contributed by atoms with Crippen LogP contribution in [-0.4, -0.2) is 23.3 Å². The molecule has 0 saturated carbocycles. The van der Waals surface area contributed by atoms with Crippen molar-refractivity contribution in [2.24, 2.45) is 0 Å². The van der Waals surface area contributed by atoms with E-state index in [2.05, 4.69) is 0 Å². The molecule has 1 N–H and O–H groups in total. The summed E-state index contributed by atoms with van der Waals surface area (Å²) in [6, 6.07) is 0. The monoisotopic (exact) mass is 222 g/mol. The largest absolute Gasteiger partial charge is 0.109 e. The summed E-state index contributed by atoms with van der Waals surface area (Å²) in [5, 5.41) is 0.194. The second-order valence-electron chi connectivity index (χ2n) is 1.40. The van der Waals surface area contributed by atoms with E-state index in [1.807, 2.05) is 0 Å². The van der Waals surface area contributed by atoms with Gasteiger partial charge in [-0.25, -0.2) is 0 Å². The third-order valence-corrected chi connectivity index (χ3v) is 0. The van der Waals surface area contributed by atoms with E-state index in [4.69, 9.17) is 27.3 Å². The third-order valence-electron chi connectivity index (χ3n) is 0. The Balaban J connectivity index is 0.